The minimum atomic E-state index is 0.288. The first kappa shape index (κ1) is 18.4. The predicted octanol–water partition coefficient (Wildman–Crippen LogP) is 5.33. The molecule has 1 aromatic rings. The third kappa shape index (κ3) is 2.47. The number of piperidine rings is 1. The fourth-order valence-electron chi connectivity index (χ4n) is 8.00. The van der Waals surface area contributed by atoms with Crippen LogP contribution in [0.4, 0.5) is 0 Å². The molecule has 3 aliphatic carbocycles. The van der Waals surface area contributed by atoms with Crippen LogP contribution in [0.1, 0.15) is 71.3 Å². The molecule has 1 amide bonds. The highest BCUT2D eigenvalue weighted by Crippen LogP contribution is 2.66. The van der Waals surface area contributed by atoms with Crippen molar-refractivity contribution in [3.8, 4) is 0 Å². The molecular formula is C25H34N2O. The molecule has 0 spiro atoms. The highest BCUT2D eigenvalue weighted by atomic mass is 16.2. The van der Waals surface area contributed by atoms with Crippen LogP contribution in [0.2, 0.25) is 0 Å². The maximum absolute atomic E-state index is 12.3. The summed E-state index contributed by atoms with van der Waals surface area (Å²) in [5.74, 6) is 2.62. The van der Waals surface area contributed by atoms with Gasteiger partial charge in [0.05, 0.1) is 0 Å². The maximum Gasteiger partial charge on any atom is 0.219 e. The van der Waals surface area contributed by atoms with E-state index < -0.39 is 0 Å². The van der Waals surface area contributed by atoms with E-state index in [0.29, 0.717) is 16.9 Å². The molecule has 2 saturated carbocycles. The van der Waals surface area contributed by atoms with E-state index in [0.717, 1.165) is 24.3 Å². The van der Waals surface area contributed by atoms with Crippen molar-refractivity contribution in [2.24, 2.45) is 28.6 Å². The van der Waals surface area contributed by atoms with Gasteiger partial charge >= 0.3 is 0 Å². The SMILES string of the molecule is CC(=O)N1CCC[C@@]2(C)C1CCC1[C@@H]2CC[C@]2(C)C(c3cccnc3)=CC[C@@H]12. The quantitative estimate of drug-likeness (QED) is 0.662. The minimum absolute atomic E-state index is 0.288. The summed E-state index contributed by atoms with van der Waals surface area (Å²) in [6, 6.07) is 4.78. The molecule has 150 valence electrons. The second kappa shape index (κ2) is 6.43. The Balaban J connectivity index is 1.45. The molecule has 0 bridgehead atoms. The normalized spacial score (nSPS) is 42.2. The van der Waals surface area contributed by atoms with E-state index in [1.54, 1.807) is 12.5 Å². The molecule has 2 heterocycles. The Morgan fingerprint density at radius 3 is 2.79 bits per heavy atom. The molecule has 0 aromatic carbocycles. The lowest BCUT2D eigenvalue weighted by atomic mass is 9.46. The number of amides is 1. The molecule has 1 aromatic heterocycles. The van der Waals surface area contributed by atoms with E-state index in [2.05, 4.69) is 48.1 Å². The number of nitrogens with zero attached hydrogens (tertiary/aromatic N) is 2. The second-order valence-corrected chi connectivity index (χ2v) is 10.3. The van der Waals surface area contributed by atoms with Crippen molar-refractivity contribution in [3.05, 3.63) is 36.2 Å². The number of carbonyl (C=O) groups is 1. The minimum Gasteiger partial charge on any atom is -0.339 e. The zero-order chi connectivity index (χ0) is 19.5. The Bertz CT molecular complexity index is 802. The fraction of sp³-hybridized carbons (Fsp3) is 0.680. The van der Waals surface area contributed by atoms with E-state index in [1.807, 2.05) is 6.20 Å². The number of rotatable bonds is 1. The van der Waals surface area contributed by atoms with Crippen LogP contribution < -0.4 is 0 Å². The summed E-state index contributed by atoms with van der Waals surface area (Å²) >= 11 is 0. The van der Waals surface area contributed by atoms with E-state index in [9.17, 15) is 4.79 Å². The highest BCUT2D eigenvalue weighted by Gasteiger charge is 2.59. The molecule has 1 aliphatic heterocycles. The smallest absolute Gasteiger partial charge is 0.219 e. The van der Waals surface area contributed by atoms with E-state index >= 15 is 0 Å². The molecule has 4 aliphatic rings. The van der Waals surface area contributed by atoms with Gasteiger partial charge in [0, 0.05) is 31.9 Å². The topological polar surface area (TPSA) is 33.2 Å². The molecule has 0 radical (unpaired) electrons. The summed E-state index contributed by atoms with van der Waals surface area (Å²) < 4.78 is 0. The van der Waals surface area contributed by atoms with Gasteiger partial charge in [0.2, 0.25) is 5.91 Å². The summed E-state index contributed by atoms with van der Waals surface area (Å²) in [7, 11) is 0. The monoisotopic (exact) mass is 378 g/mol. The van der Waals surface area contributed by atoms with Crippen molar-refractivity contribution in [3.63, 3.8) is 0 Å². The number of pyridine rings is 1. The average molecular weight is 379 g/mol. The number of hydrogen-bond acceptors (Lipinski definition) is 2. The van der Waals surface area contributed by atoms with Gasteiger partial charge in [0.15, 0.2) is 0 Å². The lowest BCUT2D eigenvalue weighted by Crippen LogP contribution is -2.61. The molecule has 5 rings (SSSR count). The third-order valence-electron chi connectivity index (χ3n) is 9.27. The van der Waals surface area contributed by atoms with E-state index in [4.69, 9.17) is 0 Å². The van der Waals surface area contributed by atoms with Crippen LogP contribution >= 0.6 is 0 Å². The van der Waals surface area contributed by atoms with Crippen LogP contribution in [0.15, 0.2) is 30.6 Å². The van der Waals surface area contributed by atoms with E-state index in [1.165, 1.54) is 50.5 Å². The maximum atomic E-state index is 12.3. The molecule has 3 fully saturated rings. The summed E-state index contributed by atoms with van der Waals surface area (Å²) in [6.07, 6.45) is 15.2. The molecule has 3 nitrogen and oxygen atoms in total. The Hall–Kier alpha value is -1.64. The van der Waals surface area contributed by atoms with Crippen LogP contribution in [0.3, 0.4) is 0 Å². The van der Waals surface area contributed by atoms with E-state index in [-0.39, 0.29) is 5.91 Å². The zero-order valence-corrected chi connectivity index (χ0v) is 17.7. The van der Waals surface area contributed by atoms with Gasteiger partial charge in [0.1, 0.15) is 0 Å². The summed E-state index contributed by atoms with van der Waals surface area (Å²) in [6.45, 7) is 7.80. The van der Waals surface area contributed by atoms with Crippen molar-refractivity contribution >= 4 is 11.5 Å². The number of aromatic nitrogens is 1. The van der Waals surface area contributed by atoms with Gasteiger partial charge in [-0.1, -0.05) is 26.0 Å². The lowest BCUT2D eigenvalue weighted by Gasteiger charge is -2.62. The van der Waals surface area contributed by atoms with Gasteiger partial charge in [-0.2, -0.15) is 0 Å². The number of fused-ring (bicyclic) bond motifs is 5. The van der Waals surface area contributed by atoms with Gasteiger partial charge in [-0.3, -0.25) is 9.78 Å². The number of allylic oxidation sites excluding steroid dienone is 2. The van der Waals surface area contributed by atoms with Crippen LogP contribution in [0, 0.1) is 28.6 Å². The molecule has 2 unspecified atom stereocenters. The summed E-state index contributed by atoms with van der Waals surface area (Å²) in [4.78, 5) is 18.9. The number of hydrogen-bond donors (Lipinski definition) is 0. The predicted molar refractivity (Wildman–Crippen MR) is 112 cm³/mol. The molecule has 1 saturated heterocycles. The number of likely N-dealkylation sites (tertiary alicyclic amines) is 1. The standard InChI is InChI=1S/C25H34N2O/c1-17(28)27-15-5-12-25(3)22-11-13-24(2)20(18-6-4-14-26-16-18)8-9-21(24)19(22)7-10-23(25)27/h4,6,8,14,16,19,21-23H,5,7,9-13,15H2,1-3H3/t19?,21-,22-,23?,24+,25+/m0/s1. The van der Waals surface area contributed by atoms with Crippen LogP contribution in [-0.2, 0) is 4.79 Å². The molecule has 28 heavy (non-hydrogen) atoms. The highest BCUT2D eigenvalue weighted by molar-refractivity contribution is 5.74. The molecule has 0 N–H and O–H groups in total. The lowest BCUT2D eigenvalue weighted by molar-refractivity contribution is -0.151. The van der Waals surface area contributed by atoms with Gasteiger partial charge in [-0.05, 0) is 90.7 Å². The average Bonchev–Trinajstić information content (AvgIpc) is 3.04. The molecule has 3 heteroatoms. The van der Waals surface area contributed by atoms with Crippen molar-refractivity contribution < 1.29 is 4.79 Å². The third-order valence-corrected chi connectivity index (χ3v) is 9.27. The Morgan fingerprint density at radius 1 is 1.18 bits per heavy atom. The first-order chi connectivity index (χ1) is 13.4. The first-order valence-corrected chi connectivity index (χ1v) is 11.3. The Kier molecular flexibility index (Phi) is 4.23. The van der Waals surface area contributed by atoms with Gasteiger partial charge in [0.25, 0.3) is 0 Å². The fourth-order valence-corrected chi connectivity index (χ4v) is 8.00. The Labute approximate surface area is 169 Å². The van der Waals surface area contributed by atoms with Crippen molar-refractivity contribution in [2.75, 3.05) is 6.54 Å². The van der Waals surface area contributed by atoms with Gasteiger partial charge in [-0.15, -0.1) is 0 Å². The first-order valence-electron chi connectivity index (χ1n) is 11.3. The second-order valence-electron chi connectivity index (χ2n) is 10.3. The summed E-state index contributed by atoms with van der Waals surface area (Å²) in [5.41, 5.74) is 3.48. The van der Waals surface area contributed by atoms with Gasteiger partial charge in [-0.25, -0.2) is 0 Å². The Morgan fingerprint density at radius 2 is 2.04 bits per heavy atom. The zero-order valence-electron chi connectivity index (χ0n) is 17.7. The van der Waals surface area contributed by atoms with Crippen LogP contribution in [0.5, 0.6) is 0 Å². The summed E-state index contributed by atoms with van der Waals surface area (Å²) in [5, 5.41) is 0. The van der Waals surface area contributed by atoms with Gasteiger partial charge < -0.3 is 4.90 Å². The van der Waals surface area contributed by atoms with Crippen molar-refractivity contribution in [1.29, 1.82) is 0 Å². The van der Waals surface area contributed by atoms with Crippen LogP contribution in [-0.4, -0.2) is 28.4 Å². The number of carbonyl (C=O) groups excluding carboxylic acids is 1. The van der Waals surface area contributed by atoms with Crippen molar-refractivity contribution in [2.45, 2.75) is 71.8 Å². The van der Waals surface area contributed by atoms with Crippen LogP contribution in [0.25, 0.3) is 5.57 Å². The van der Waals surface area contributed by atoms with Crippen molar-refractivity contribution in [1.82, 2.24) is 9.88 Å². The molecular weight excluding hydrogens is 344 g/mol. The largest absolute Gasteiger partial charge is 0.339 e. The molecule has 6 atom stereocenters.